The predicted molar refractivity (Wildman–Crippen MR) is 77.8 cm³/mol. The number of aromatic amines is 1. The van der Waals surface area contributed by atoms with E-state index in [1.807, 2.05) is 50.2 Å². The molecule has 1 aromatic heterocycles. The van der Waals surface area contributed by atoms with E-state index in [4.69, 9.17) is 4.74 Å². The molecular weight excluding hydrogens is 254 g/mol. The number of hydrogen-bond donors (Lipinski definition) is 2. The molecule has 0 saturated heterocycles. The number of amides is 1. The van der Waals surface area contributed by atoms with Crippen LogP contribution in [0.1, 0.15) is 18.2 Å². The number of nitrogens with zero attached hydrogens (tertiary/aromatic N) is 1. The molecule has 1 amide bonds. The van der Waals surface area contributed by atoms with Gasteiger partial charge in [-0.25, -0.2) is 5.43 Å². The lowest BCUT2D eigenvalue weighted by molar-refractivity contribution is -0.123. The van der Waals surface area contributed by atoms with Gasteiger partial charge in [0, 0.05) is 6.20 Å². The Labute approximate surface area is 117 Å². The maximum atomic E-state index is 11.6. The van der Waals surface area contributed by atoms with E-state index < -0.39 is 0 Å². The minimum Gasteiger partial charge on any atom is -0.484 e. The van der Waals surface area contributed by atoms with E-state index >= 15 is 0 Å². The first-order chi connectivity index (χ1) is 9.65. The van der Waals surface area contributed by atoms with Crippen LogP contribution in [0.25, 0.3) is 0 Å². The van der Waals surface area contributed by atoms with E-state index in [-0.39, 0.29) is 12.5 Å². The summed E-state index contributed by atoms with van der Waals surface area (Å²) in [6.45, 7) is 3.72. The number of benzene rings is 1. The zero-order valence-electron chi connectivity index (χ0n) is 11.5. The summed E-state index contributed by atoms with van der Waals surface area (Å²) < 4.78 is 5.38. The Bertz CT molecular complexity index is 603. The first kappa shape index (κ1) is 13.9. The normalized spacial score (nSPS) is 11.2. The summed E-state index contributed by atoms with van der Waals surface area (Å²) in [5.41, 5.74) is 5.12. The summed E-state index contributed by atoms with van der Waals surface area (Å²) >= 11 is 0. The van der Waals surface area contributed by atoms with Crippen LogP contribution in [0.3, 0.4) is 0 Å². The number of hydrazone groups is 1. The first-order valence-electron chi connectivity index (χ1n) is 6.31. The summed E-state index contributed by atoms with van der Waals surface area (Å²) in [6, 6.07) is 11.3. The van der Waals surface area contributed by atoms with Crippen molar-refractivity contribution < 1.29 is 9.53 Å². The molecule has 2 N–H and O–H groups in total. The van der Waals surface area contributed by atoms with Crippen molar-refractivity contribution >= 4 is 11.6 Å². The molecule has 5 heteroatoms. The number of carbonyl (C=O) groups excluding carboxylic acids is 1. The molecule has 0 bridgehead atoms. The Kier molecular flexibility index (Phi) is 4.55. The highest BCUT2D eigenvalue weighted by molar-refractivity contribution is 5.97. The Morgan fingerprint density at radius 2 is 2.20 bits per heavy atom. The van der Waals surface area contributed by atoms with E-state index in [0.29, 0.717) is 11.5 Å². The van der Waals surface area contributed by atoms with Gasteiger partial charge in [0.15, 0.2) is 6.61 Å². The quantitative estimate of drug-likeness (QED) is 0.647. The first-order valence-corrected chi connectivity index (χ1v) is 6.31. The average molecular weight is 271 g/mol. The van der Waals surface area contributed by atoms with E-state index in [0.717, 1.165) is 11.3 Å². The molecule has 0 aliphatic rings. The summed E-state index contributed by atoms with van der Waals surface area (Å²) in [5.74, 6) is 0.377. The maximum absolute atomic E-state index is 11.6. The largest absolute Gasteiger partial charge is 0.484 e. The number of H-pyrrole nitrogens is 1. The molecule has 0 radical (unpaired) electrons. The monoisotopic (exact) mass is 271 g/mol. The third kappa shape index (κ3) is 3.98. The molecule has 0 unspecified atom stereocenters. The number of aromatic nitrogens is 1. The van der Waals surface area contributed by atoms with Gasteiger partial charge in [-0.15, -0.1) is 0 Å². The van der Waals surface area contributed by atoms with Gasteiger partial charge in [0.05, 0.1) is 11.4 Å². The second kappa shape index (κ2) is 6.56. The van der Waals surface area contributed by atoms with Crippen molar-refractivity contribution in [3.05, 3.63) is 53.9 Å². The van der Waals surface area contributed by atoms with Crippen molar-refractivity contribution in [2.24, 2.45) is 5.10 Å². The molecule has 0 saturated carbocycles. The Balaban J connectivity index is 1.83. The minimum absolute atomic E-state index is 0.0645. The molecule has 0 fully saturated rings. The van der Waals surface area contributed by atoms with E-state index in [2.05, 4.69) is 15.5 Å². The van der Waals surface area contributed by atoms with Gasteiger partial charge < -0.3 is 9.72 Å². The number of rotatable bonds is 5. The lowest BCUT2D eigenvalue weighted by Gasteiger charge is -2.06. The molecular formula is C15H17N3O2. The molecule has 0 spiro atoms. The van der Waals surface area contributed by atoms with Crippen LogP contribution in [-0.2, 0) is 4.79 Å². The second-order valence-corrected chi connectivity index (χ2v) is 4.42. The third-order valence-corrected chi connectivity index (χ3v) is 2.70. The lowest BCUT2D eigenvalue weighted by Crippen LogP contribution is -2.25. The van der Waals surface area contributed by atoms with Gasteiger partial charge in [0.2, 0.25) is 0 Å². The van der Waals surface area contributed by atoms with Crippen LogP contribution in [0.2, 0.25) is 0 Å². The van der Waals surface area contributed by atoms with Crippen molar-refractivity contribution in [2.45, 2.75) is 13.8 Å². The van der Waals surface area contributed by atoms with Crippen molar-refractivity contribution in [2.75, 3.05) is 6.61 Å². The van der Waals surface area contributed by atoms with Gasteiger partial charge in [0.1, 0.15) is 5.75 Å². The molecule has 0 aliphatic heterocycles. The number of hydrogen-bond acceptors (Lipinski definition) is 3. The molecule has 0 atom stereocenters. The maximum Gasteiger partial charge on any atom is 0.277 e. The third-order valence-electron chi connectivity index (χ3n) is 2.70. The molecule has 20 heavy (non-hydrogen) atoms. The highest BCUT2D eigenvalue weighted by Crippen LogP contribution is 2.11. The zero-order chi connectivity index (χ0) is 14.4. The van der Waals surface area contributed by atoms with E-state index in [1.165, 1.54) is 0 Å². The highest BCUT2D eigenvalue weighted by Gasteiger charge is 2.03. The topological polar surface area (TPSA) is 66.5 Å². The van der Waals surface area contributed by atoms with Gasteiger partial charge in [-0.2, -0.15) is 5.10 Å². The fourth-order valence-corrected chi connectivity index (χ4v) is 1.65. The molecule has 2 rings (SSSR count). The van der Waals surface area contributed by atoms with Gasteiger partial charge in [-0.1, -0.05) is 12.1 Å². The molecule has 2 aromatic rings. The summed E-state index contributed by atoms with van der Waals surface area (Å²) in [7, 11) is 0. The zero-order valence-corrected chi connectivity index (χ0v) is 11.5. The number of ether oxygens (including phenoxy) is 1. The molecule has 5 nitrogen and oxygen atoms in total. The van der Waals surface area contributed by atoms with Gasteiger partial charge in [-0.05, 0) is 43.7 Å². The Morgan fingerprint density at radius 1 is 1.35 bits per heavy atom. The van der Waals surface area contributed by atoms with Crippen LogP contribution in [-0.4, -0.2) is 23.2 Å². The van der Waals surface area contributed by atoms with Crippen LogP contribution in [0.15, 0.2) is 47.7 Å². The Morgan fingerprint density at radius 3 is 2.90 bits per heavy atom. The lowest BCUT2D eigenvalue weighted by atomic mass is 10.2. The summed E-state index contributed by atoms with van der Waals surface area (Å²) in [5, 5.41) is 4.00. The molecule has 1 heterocycles. The van der Waals surface area contributed by atoms with E-state index in [9.17, 15) is 4.79 Å². The minimum atomic E-state index is -0.294. The molecule has 1 aromatic carbocycles. The molecule has 104 valence electrons. The van der Waals surface area contributed by atoms with Crippen LogP contribution >= 0.6 is 0 Å². The van der Waals surface area contributed by atoms with Crippen LogP contribution in [0.4, 0.5) is 0 Å². The molecule has 0 aliphatic carbocycles. The van der Waals surface area contributed by atoms with Crippen LogP contribution < -0.4 is 10.2 Å². The van der Waals surface area contributed by atoms with Crippen molar-refractivity contribution in [1.29, 1.82) is 0 Å². The second-order valence-electron chi connectivity index (χ2n) is 4.42. The van der Waals surface area contributed by atoms with E-state index in [1.54, 1.807) is 6.20 Å². The highest BCUT2D eigenvalue weighted by atomic mass is 16.5. The van der Waals surface area contributed by atoms with Crippen molar-refractivity contribution in [3.8, 4) is 5.75 Å². The number of nitrogens with one attached hydrogen (secondary N) is 2. The smallest absolute Gasteiger partial charge is 0.277 e. The summed E-state index contributed by atoms with van der Waals surface area (Å²) in [4.78, 5) is 14.6. The SMILES string of the molecule is CC(=NNC(=O)COc1cccc(C)c1)c1ccc[nH]1. The van der Waals surface area contributed by atoms with Crippen LogP contribution in [0, 0.1) is 6.92 Å². The summed E-state index contributed by atoms with van der Waals surface area (Å²) in [6.07, 6.45) is 1.80. The number of carbonyl (C=O) groups is 1. The van der Waals surface area contributed by atoms with Crippen molar-refractivity contribution in [3.63, 3.8) is 0 Å². The van der Waals surface area contributed by atoms with Crippen LogP contribution in [0.5, 0.6) is 5.75 Å². The van der Waals surface area contributed by atoms with Gasteiger partial charge in [-0.3, -0.25) is 4.79 Å². The Hall–Kier alpha value is -2.56. The fraction of sp³-hybridized carbons (Fsp3) is 0.200. The average Bonchev–Trinajstić information content (AvgIpc) is 2.97. The van der Waals surface area contributed by atoms with Gasteiger partial charge in [0.25, 0.3) is 5.91 Å². The predicted octanol–water partition coefficient (Wildman–Crippen LogP) is 2.24. The number of aryl methyl sites for hydroxylation is 1. The van der Waals surface area contributed by atoms with Crippen molar-refractivity contribution in [1.82, 2.24) is 10.4 Å². The van der Waals surface area contributed by atoms with Gasteiger partial charge >= 0.3 is 0 Å². The fourth-order valence-electron chi connectivity index (χ4n) is 1.65. The standard InChI is InChI=1S/C15H17N3O2/c1-11-5-3-6-13(9-11)20-10-15(19)18-17-12(2)14-7-4-8-16-14/h3-9,16H,10H2,1-2H3,(H,18,19).